The highest BCUT2D eigenvalue weighted by atomic mass is 32.1. The molecule has 20 heavy (non-hydrogen) atoms. The lowest BCUT2D eigenvalue weighted by atomic mass is 10.3. The van der Waals surface area contributed by atoms with Crippen molar-refractivity contribution in [1.29, 1.82) is 0 Å². The minimum atomic E-state index is -0.308. The molecule has 0 aliphatic carbocycles. The molecule has 2 N–H and O–H groups in total. The maximum Gasteiger partial charge on any atom is 0.272 e. The van der Waals surface area contributed by atoms with E-state index in [4.69, 9.17) is 4.84 Å². The molecule has 0 saturated carbocycles. The fourth-order valence-corrected chi connectivity index (χ4v) is 2.34. The zero-order chi connectivity index (χ0) is 13.9. The van der Waals surface area contributed by atoms with Gasteiger partial charge in [-0.05, 0) is 11.4 Å². The normalized spacial score (nSPS) is 12.9. The molecule has 1 amide bonds. The quantitative estimate of drug-likeness (QED) is 0.886. The molecule has 0 unspecified atom stereocenters. The van der Waals surface area contributed by atoms with Crippen molar-refractivity contribution < 1.29 is 9.63 Å². The molecular weight excluding hydrogens is 278 g/mol. The van der Waals surface area contributed by atoms with Crippen molar-refractivity contribution in [2.75, 3.05) is 12.2 Å². The number of rotatable bonds is 3. The summed E-state index contributed by atoms with van der Waals surface area (Å²) in [4.78, 5) is 26.7. The van der Waals surface area contributed by atoms with E-state index in [2.05, 4.69) is 20.7 Å². The second-order valence-corrected chi connectivity index (χ2v) is 4.76. The van der Waals surface area contributed by atoms with Crippen LogP contribution in [-0.2, 0) is 4.84 Å². The van der Waals surface area contributed by atoms with Gasteiger partial charge >= 0.3 is 0 Å². The summed E-state index contributed by atoms with van der Waals surface area (Å²) in [5, 5.41) is 5.82. The number of nitrogens with one attached hydrogen (secondary N) is 2. The van der Waals surface area contributed by atoms with E-state index in [1.54, 1.807) is 19.4 Å². The first-order valence-corrected chi connectivity index (χ1v) is 6.68. The van der Waals surface area contributed by atoms with Gasteiger partial charge in [0.1, 0.15) is 11.9 Å². The molecular formula is C12H11N5O2S. The smallest absolute Gasteiger partial charge is 0.272 e. The van der Waals surface area contributed by atoms with Crippen molar-refractivity contribution in [3.63, 3.8) is 0 Å². The summed E-state index contributed by atoms with van der Waals surface area (Å²) in [6.45, 7) is 0. The van der Waals surface area contributed by atoms with E-state index in [1.807, 2.05) is 17.5 Å². The van der Waals surface area contributed by atoms with Crippen LogP contribution in [0.2, 0.25) is 0 Å². The van der Waals surface area contributed by atoms with Crippen LogP contribution in [-0.4, -0.2) is 22.9 Å². The largest absolute Gasteiger partial charge is 0.365 e. The van der Waals surface area contributed by atoms with Gasteiger partial charge < -0.3 is 10.2 Å². The lowest BCUT2D eigenvalue weighted by Crippen LogP contribution is -2.32. The Morgan fingerprint density at radius 3 is 3.10 bits per heavy atom. The number of hydrogen-bond acceptors (Lipinski definition) is 7. The Bertz CT molecular complexity index is 648. The predicted octanol–water partition coefficient (Wildman–Crippen LogP) is 1.29. The first kappa shape index (κ1) is 12.4. The van der Waals surface area contributed by atoms with Crippen LogP contribution in [0.25, 0.3) is 10.7 Å². The maximum atomic E-state index is 12.0. The number of anilines is 1. The molecule has 0 radical (unpaired) electrons. The minimum absolute atomic E-state index is 0.238. The van der Waals surface area contributed by atoms with Gasteiger partial charge in [-0.1, -0.05) is 6.07 Å². The van der Waals surface area contributed by atoms with Gasteiger partial charge in [-0.25, -0.2) is 9.97 Å². The van der Waals surface area contributed by atoms with Gasteiger partial charge in [0.2, 0.25) is 0 Å². The number of hydrogen-bond donors (Lipinski definition) is 2. The lowest BCUT2D eigenvalue weighted by molar-refractivity contribution is 0.0956. The summed E-state index contributed by atoms with van der Waals surface area (Å²) in [7, 11) is 1.55. The fourth-order valence-electron chi connectivity index (χ4n) is 1.68. The first-order chi connectivity index (χ1) is 9.79. The molecule has 7 nitrogen and oxygen atoms in total. The number of amides is 1. The average Bonchev–Trinajstić information content (AvgIpc) is 3.18. The Kier molecular flexibility index (Phi) is 3.21. The van der Waals surface area contributed by atoms with Gasteiger partial charge in [0, 0.05) is 7.05 Å². The molecule has 0 aromatic carbocycles. The molecule has 0 bridgehead atoms. The maximum absolute atomic E-state index is 12.0. The highest BCUT2D eigenvalue weighted by molar-refractivity contribution is 7.13. The van der Waals surface area contributed by atoms with Crippen molar-refractivity contribution in [3.05, 3.63) is 41.9 Å². The molecule has 3 rings (SSSR count). The summed E-state index contributed by atoms with van der Waals surface area (Å²) < 4.78 is 0. The number of nitrogens with zero attached hydrogens (tertiary/aromatic N) is 3. The van der Waals surface area contributed by atoms with Gasteiger partial charge in [0.25, 0.3) is 5.91 Å². The van der Waals surface area contributed by atoms with Crippen LogP contribution >= 0.6 is 11.3 Å². The minimum Gasteiger partial charge on any atom is -0.365 e. The second-order valence-electron chi connectivity index (χ2n) is 3.82. The lowest BCUT2D eigenvalue weighted by Gasteiger charge is -2.18. The molecule has 102 valence electrons. The fraction of sp³-hybridized carbons (Fsp3) is 0.0833. The molecule has 1 aliphatic rings. The summed E-state index contributed by atoms with van der Waals surface area (Å²) in [6, 6.07) is 3.81. The van der Waals surface area contributed by atoms with Crippen molar-refractivity contribution in [3.8, 4) is 10.7 Å². The summed E-state index contributed by atoms with van der Waals surface area (Å²) in [6.07, 6.45) is 4.61. The summed E-state index contributed by atoms with van der Waals surface area (Å²) >= 11 is 1.51. The number of hydrazine groups is 1. The van der Waals surface area contributed by atoms with E-state index in [0.29, 0.717) is 11.5 Å². The summed E-state index contributed by atoms with van der Waals surface area (Å²) in [5.41, 5.74) is 3.50. The van der Waals surface area contributed by atoms with Crippen LogP contribution in [0.3, 0.4) is 0 Å². The number of thiophene rings is 1. The van der Waals surface area contributed by atoms with E-state index in [9.17, 15) is 4.79 Å². The van der Waals surface area contributed by atoms with Crippen LogP contribution in [0.1, 0.15) is 10.5 Å². The van der Waals surface area contributed by atoms with Crippen molar-refractivity contribution in [1.82, 2.24) is 20.7 Å². The third kappa shape index (κ3) is 2.16. The highest BCUT2D eigenvalue weighted by Gasteiger charge is 2.22. The summed E-state index contributed by atoms with van der Waals surface area (Å²) in [5.74, 6) is 0.201. The number of carbonyl (C=O) groups excluding carboxylic acids is 1. The standard InChI is InChI=1S/C12H11N5O2S/c1-13-12(18)10-8(17-15-4-5-19-17)7-14-11(16-10)9-3-2-6-20-9/h2-7,15H,1H3,(H,13,18). The molecule has 0 atom stereocenters. The molecule has 1 aliphatic heterocycles. The number of aromatic nitrogens is 2. The van der Waals surface area contributed by atoms with Gasteiger partial charge in [-0.2, -0.15) is 0 Å². The van der Waals surface area contributed by atoms with E-state index in [-0.39, 0.29) is 11.6 Å². The van der Waals surface area contributed by atoms with Crippen molar-refractivity contribution >= 4 is 22.9 Å². The third-order valence-corrected chi connectivity index (χ3v) is 3.46. The van der Waals surface area contributed by atoms with Crippen molar-refractivity contribution in [2.24, 2.45) is 0 Å². The Balaban J connectivity index is 2.04. The Morgan fingerprint density at radius 2 is 2.45 bits per heavy atom. The molecule has 0 saturated heterocycles. The van der Waals surface area contributed by atoms with Gasteiger partial charge in [0.05, 0.1) is 17.3 Å². The van der Waals surface area contributed by atoms with E-state index < -0.39 is 0 Å². The van der Waals surface area contributed by atoms with Crippen LogP contribution in [0, 0.1) is 0 Å². The van der Waals surface area contributed by atoms with Crippen LogP contribution in [0.4, 0.5) is 5.69 Å². The van der Waals surface area contributed by atoms with E-state index >= 15 is 0 Å². The van der Waals surface area contributed by atoms with Gasteiger partial charge in [-0.3, -0.25) is 10.2 Å². The predicted molar refractivity (Wildman–Crippen MR) is 74.6 cm³/mol. The molecule has 3 heterocycles. The van der Waals surface area contributed by atoms with Crippen LogP contribution < -0.4 is 15.9 Å². The molecule has 8 heteroatoms. The Hall–Kier alpha value is -2.61. The number of carbonyl (C=O) groups is 1. The SMILES string of the molecule is CNC(=O)c1nc(-c2cccs2)ncc1N1NC=CO1. The Morgan fingerprint density at radius 1 is 1.55 bits per heavy atom. The molecule has 2 aromatic rings. The third-order valence-electron chi connectivity index (χ3n) is 2.60. The Labute approximate surface area is 118 Å². The highest BCUT2D eigenvalue weighted by Crippen LogP contribution is 2.25. The van der Waals surface area contributed by atoms with Gasteiger partial charge in [-0.15, -0.1) is 16.5 Å². The molecule has 0 fully saturated rings. The zero-order valence-corrected chi connectivity index (χ0v) is 11.3. The van der Waals surface area contributed by atoms with Crippen molar-refractivity contribution in [2.45, 2.75) is 0 Å². The monoisotopic (exact) mass is 289 g/mol. The van der Waals surface area contributed by atoms with E-state index in [1.165, 1.54) is 22.8 Å². The van der Waals surface area contributed by atoms with Crippen LogP contribution in [0.5, 0.6) is 0 Å². The molecule has 0 spiro atoms. The second kappa shape index (κ2) is 5.17. The first-order valence-electron chi connectivity index (χ1n) is 5.80. The topological polar surface area (TPSA) is 79.4 Å². The average molecular weight is 289 g/mol. The van der Waals surface area contributed by atoms with Gasteiger partial charge in [0.15, 0.2) is 11.5 Å². The molecule has 2 aromatic heterocycles. The van der Waals surface area contributed by atoms with Crippen LogP contribution in [0.15, 0.2) is 36.2 Å². The zero-order valence-electron chi connectivity index (χ0n) is 10.5. The van der Waals surface area contributed by atoms with E-state index in [0.717, 1.165) is 4.88 Å².